The first kappa shape index (κ1) is 18.0. The molecule has 6 heteroatoms. The zero-order chi connectivity index (χ0) is 17.9. The number of nitrogens with zero attached hydrogens (tertiary/aromatic N) is 1. The summed E-state index contributed by atoms with van der Waals surface area (Å²) in [5.41, 5.74) is -0.425. The number of nitrogens with one attached hydrogen (secondary N) is 1. The highest BCUT2D eigenvalue weighted by molar-refractivity contribution is 5.86. The Morgan fingerprint density at radius 2 is 2.08 bits per heavy atom. The van der Waals surface area contributed by atoms with Crippen LogP contribution in [-0.4, -0.2) is 54.9 Å². The summed E-state index contributed by atoms with van der Waals surface area (Å²) < 4.78 is 10.8. The summed E-state index contributed by atoms with van der Waals surface area (Å²) in [5, 5.41) is 14.2. The number of para-hydroxylation sites is 1. The van der Waals surface area contributed by atoms with Crippen molar-refractivity contribution in [3.05, 3.63) is 23.8 Å². The first-order chi connectivity index (χ1) is 12.1. The number of amides is 1. The third-order valence-corrected chi connectivity index (χ3v) is 5.34. The maximum atomic E-state index is 12.9. The van der Waals surface area contributed by atoms with E-state index in [1.165, 1.54) is 6.42 Å². The number of aliphatic hydroxyl groups is 1. The van der Waals surface area contributed by atoms with Crippen LogP contribution in [0.25, 0.3) is 0 Å². The molecule has 25 heavy (non-hydrogen) atoms. The predicted octanol–water partition coefficient (Wildman–Crippen LogP) is 1.70. The molecule has 0 bridgehead atoms. The molecule has 2 aliphatic rings. The minimum Gasteiger partial charge on any atom is -0.493 e. The summed E-state index contributed by atoms with van der Waals surface area (Å²) in [6.07, 6.45) is 4.80. The summed E-state index contributed by atoms with van der Waals surface area (Å²) in [6.45, 7) is 1.39. The van der Waals surface area contributed by atoms with E-state index in [9.17, 15) is 9.90 Å². The van der Waals surface area contributed by atoms with Gasteiger partial charge < -0.3 is 24.8 Å². The maximum absolute atomic E-state index is 12.9. The molecule has 0 aromatic heterocycles. The van der Waals surface area contributed by atoms with Gasteiger partial charge in [0.15, 0.2) is 17.1 Å². The van der Waals surface area contributed by atoms with E-state index in [4.69, 9.17) is 9.47 Å². The van der Waals surface area contributed by atoms with E-state index in [1.807, 2.05) is 18.2 Å². The Morgan fingerprint density at radius 1 is 1.28 bits per heavy atom. The lowest BCUT2D eigenvalue weighted by Gasteiger charge is -2.40. The highest BCUT2D eigenvalue weighted by Crippen LogP contribution is 2.33. The molecule has 1 aliphatic carbocycles. The third kappa shape index (κ3) is 3.75. The summed E-state index contributed by atoms with van der Waals surface area (Å²) in [7, 11) is 3.19. The van der Waals surface area contributed by atoms with Gasteiger partial charge in [-0.2, -0.15) is 0 Å². The maximum Gasteiger partial charge on any atom is 0.256 e. The van der Waals surface area contributed by atoms with E-state index in [1.54, 1.807) is 19.1 Å². The Balaban J connectivity index is 1.70. The van der Waals surface area contributed by atoms with Crippen LogP contribution in [0.2, 0.25) is 0 Å². The molecule has 0 unspecified atom stereocenters. The molecule has 1 saturated carbocycles. The molecule has 0 radical (unpaired) electrons. The number of rotatable bonds is 7. The van der Waals surface area contributed by atoms with E-state index in [0.717, 1.165) is 24.8 Å². The average Bonchev–Trinajstić information content (AvgIpc) is 2.57. The third-order valence-electron chi connectivity index (χ3n) is 5.34. The van der Waals surface area contributed by atoms with Crippen LogP contribution in [0.3, 0.4) is 0 Å². The second-order valence-electron chi connectivity index (χ2n) is 7.02. The molecular formula is C19H28N2O4. The molecule has 138 valence electrons. The monoisotopic (exact) mass is 348 g/mol. The van der Waals surface area contributed by atoms with Crippen LogP contribution in [0.5, 0.6) is 11.5 Å². The Hall–Kier alpha value is -1.79. The summed E-state index contributed by atoms with van der Waals surface area (Å²) >= 11 is 0. The van der Waals surface area contributed by atoms with Gasteiger partial charge in [0.25, 0.3) is 5.91 Å². The number of hydrogen-bond acceptors (Lipinski definition) is 5. The molecule has 0 spiro atoms. The lowest BCUT2D eigenvalue weighted by Crippen LogP contribution is -2.59. The van der Waals surface area contributed by atoms with Crippen LogP contribution in [0.4, 0.5) is 0 Å². The van der Waals surface area contributed by atoms with Crippen molar-refractivity contribution >= 4 is 5.91 Å². The predicted molar refractivity (Wildman–Crippen MR) is 94.8 cm³/mol. The van der Waals surface area contributed by atoms with Crippen LogP contribution in [0.15, 0.2) is 18.2 Å². The molecule has 2 fully saturated rings. The van der Waals surface area contributed by atoms with Gasteiger partial charge in [-0.25, -0.2) is 0 Å². The van der Waals surface area contributed by atoms with Crippen molar-refractivity contribution in [2.75, 3.05) is 27.3 Å². The van der Waals surface area contributed by atoms with Gasteiger partial charge in [0.05, 0.1) is 14.2 Å². The summed E-state index contributed by atoms with van der Waals surface area (Å²) in [5.74, 6) is 1.08. The fraction of sp³-hybridized carbons (Fsp3) is 0.632. The van der Waals surface area contributed by atoms with Crippen LogP contribution < -0.4 is 14.8 Å². The first-order valence-electron chi connectivity index (χ1n) is 9.02. The topological polar surface area (TPSA) is 71.0 Å². The summed E-state index contributed by atoms with van der Waals surface area (Å²) in [4.78, 5) is 14.6. The Kier molecular flexibility index (Phi) is 5.49. The van der Waals surface area contributed by atoms with Gasteiger partial charge >= 0.3 is 0 Å². The fourth-order valence-corrected chi connectivity index (χ4v) is 3.59. The number of benzene rings is 1. The number of hydrogen-bond donors (Lipinski definition) is 2. The molecule has 2 N–H and O–H groups in total. The lowest BCUT2D eigenvalue weighted by atomic mass is 9.88. The highest BCUT2D eigenvalue weighted by Gasteiger charge is 2.42. The number of piperidine rings is 1. The lowest BCUT2D eigenvalue weighted by molar-refractivity contribution is -0.157. The molecule has 1 aromatic carbocycles. The molecule has 1 saturated heterocycles. The van der Waals surface area contributed by atoms with E-state index >= 15 is 0 Å². The van der Waals surface area contributed by atoms with Gasteiger partial charge in [-0.15, -0.1) is 0 Å². The number of likely N-dealkylation sites (tertiary alicyclic amines) is 1. The molecule has 1 heterocycles. The smallest absolute Gasteiger partial charge is 0.256 e. The highest BCUT2D eigenvalue weighted by atomic mass is 16.5. The second-order valence-corrected chi connectivity index (χ2v) is 7.02. The second kappa shape index (κ2) is 7.62. The molecule has 1 aliphatic heterocycles. The molecule has 3 rings (SSSR count). The van der Waals surface area contributed by atoms with Gasteiger partial charge in [0, 0.05) is 31.2 Å². The van der Waals surface area contributed by atoms with E-state index in [-0.39, 0.29) is 5.91 Å². The Bertz CT molecular complexity index is 617. The van der Waals surface area contributed by atoms with Crippen LogP contribution in [-0.2, 0) is 11.3 Å². The first-order valence-corrected chi connectivity index (χ1v) is 9.02. The van der Waals surface area contributed by atoms with Crippen molar-refractivity contribution in [1.29, 1.82) is 0 Å². The zero-order valence-corrected chi connectivity index (χ0v) is 15.1. The van der Waals surface area contributed by atoms with Crippen molar-refractivity contribution in [2.45, 2.75) is 50.3 Å². The largest absolute Gasteiger partial charge is 0.493 e. The van der Waals surface area contributed by atoms with Crippen LogP contribution >= 0.6 is 0 Å². The SMILES string of the molecule is COc1cccc(CN2CCC[C@](O)(CNC3CCC3)C2=O)c1OC. The van der Waals surface area contributed by atoms with Gasteiger partial charge in [-0.05, 0) is 31.7 Å². The van der Waals surface area contributed by atoms with Crippen LogP contribution in [0.1, 0.15) is 37.7 Å². The van der Waals surface area contributed by atoms with Crippen LogP contribution in [0, 0.1) is 0 Å². The fourth-order valence-electron chi connectivity index (χ4n) is 3.59. The van der Waals surface area contributed by atoms with E-state index in [2.05, 4.69) is 5.32 Å². The van der Waals surface area contributed by atoms with Gasteiger partial charge in [0.2, 0.25) is 0 Å². The number of carbonyl (C=O) groups is 1. The van der Waals surface area contributed by atoms with Crippen molar-refractivity contribution in [3.63, 3.8) is 0 Å². The standard InChI is InChI=1S/C19H28N2O4/c1-24-16-9-3-6-14(17(16)25-2)12-21-11-5-10-19(23,18(21)22)13-20-15-7-4-8-15/h3,6,9,15,20,23H,4-5,7-8,10-13H2,1-2H3/t19-/m0/s1. The number of carbonyl (C=O) groups excluding carboxylic acids is 1. The average molecular weight is 348 g/mol. The minimum atomic E-state index is -1.31. The summed E-state index contributed by atoms with van der Waals surface area (Å²) in [6, 6.07) is 6.09. The molecule has 1 amide bonds. The van der Waals surface area contributed by atoms with Crippen molar-refractivity contribution in [1.82, 2.24) is 10.2 Å². The quantitative estimate of drug-likeness (QED) is 0.785. The minimum absolute atomic E-state index is 0.199. The Labute approximate surface area is 149 Å². The zero-order valence-electron chi connectivity index (χ0n) is 15.1. The number of ether oxygens (including phenoxy) is 2. The van der Waals surface area contributed by atoms with E-state index < -0.39 is 5.60 Å². The van der Waals surface area contributed by atoms with Crippen molar-refractivity contribution in [2.24, 2.45) is 0 Å². The molecule has 1 aromatic rings. The van der Waals surface area contributed by atoms with Crippen molar-refractivity contribution < 1.29 is 19.4 Å². The molecule has 1 atom stereocenters. The van der Waals surface area contributed by atoms with Gasteiger partial charge in [-0.1, -0.05) is 18.6 Å². The van der Waals surface area contributed by atoms with Gasteiger partial charge in [-0.3, -0.25) is 4.79 Å². The van der Waals surface area contributed by atoms with Crippen molar-refractivity contribution in [3.8, 4) is 11.5 Å². The van der Waals surface area contributed by atoms with Gasteiger partial charge in [0.1, 0.15) is 0 Å². The normalized spacial score (nSPS) is 24.1. The molecule has 6 nitrogen and oxygen atoms in total. The molecular weight excluding hydrogens is 320 g/mol. The number of methoxy groups -OCH3 is 2. The Morgan fingerprint density at radius 3 is 2.72 bits per heavy atom. The van der Waals surface area contributed by atoms with E-state index in [0.29, 0.717) is 43.6 Å².